The maximum atomic E-state index is 11.0. The van der Waals surface area contributed by atoms with Crippen molar-refractivity contribution in [2.24, 2.45) is 0 Å². The van der Waals surface area contributed by atoms with Crippen molar-refractivity contribution < 1.29 is 65.7 Å². The number of ether oxygens (including phenoxy) is 2. The number of hydrogen-bond donors (Lipinski definition) is 1. The van der Waals surface area contributed by atoms with Crippen molar-refractivity contribution in [3.05, 3.63) is 29.0 Å². The molecular formula is C9H10KNO4. The van der Waals surface area contributed by atoms with E-state index in [0.29, 0.717) is 11.5 Å². The van der Waals surface area contributed by atoms with Gasteiger partial charge in [-0.3, -0.25) is 4.79 Å². The fraction of sp³-hybridized carbons (Fsp3) is 0.222. The van der Waals surface area contributed by atoms with Gasteiger partial charge in [0.05, 0.1) is 14.2 Å². The molecule has 0 bridgehead atoms. The third kappa shape index (κ3) is 3.75. The molecule has 0 spiro atoms. The number of benzene rings is 1. The molecule has 1 amide bonds. The van der Waals surface area contributed by atoms with Crippen molar-refractivity contribution in [3.8, 4) is 11.5 Å². The summed E-state index contributed by atoms with van der Waals surface area (Å²) < 4.78 is 9.93. The smallest absolute Gasteiger partial charge is 0.759 e. The molecule has 0 aliphatic rings. The van der Waals surface area contributed by atoms with E-state index in [0.717, 1.165) is 0 Å². The van der Waals surface area contributed by atoms with Gasteiger partial charge in [0, 0.05) is 5.56 Å². The number of hydroxylamine groups is 1. The Labute approximate surface area is 130 Å². The van der Waals surface area contributed by atoms with Crippen LogP contribution < -0.4 is 66.3 Å². The number of methoxy groups -OCH3 is 2. The molecule has 1 N–H and O–H groups in total. The largest absolute Gasteiger partial charge is 1.00 e. The van der Waals surface area contributed by atoms with E-state index in [1.807, 2.05) is 0 Å². The van der Waals surface area contributed by atoms with Gasteiger partial charge in [-0.2, -0.15) is 0 Å². The monoisotopic (exact) mass is 235 g/mol. The number of amides is 1. The van der Waals surface area contributed by atoms with Crippen molar-refractivity contribution in [1.29, 1.82) is 0 Å². The Bertz CT molecular complexity index is 343. The minimum atomic E-state index is -0.703. The SMILES string of the molecule is COc1ccc(C(=O)N[O-])cc1OC.[K+]. The van der Waals surface area contributed by atoms with Gasteiger partial charge in [0.15, 0.2) is 11.5 Å². The van der Waals surface area contributed by atoms with Crippen LogP contribution in [0.2, 0.25) is 0 Å². The molecule has 0 aliphatic heterocycles. The summed E-state index contributed by atoms with van der Waals surface area (Å²) in [7, 11) is 2.95. The van der Waals surface area contributed by atoms with E-state index in [1.165, 1.54) is 31.8 Å². The molecule has 0 aromatic heterocycles. The first kappa shape index (κ1) is 14.9. The van der Waals surface area contributed by atoms with E-state index in [9.17, 15) is 10.0 Å². The topological polar surface area (TPSA) is 70.6 Å². The van der Waals surface area contributed by atoms with Crippen LogP contribution in [-0.2, 0) is 0 Å². The molecule has 0 unspecified atom stereocenters. The fourth-order valence-electron chi connectivity index (χ4n) is 1.04. The average Bonchev–Trinajstić information content (AvgIpc) is 2.26. The van der Waals surface area contributed by atoms with Crippen LogP contribution in [0.4, 0.5) is 0 Å². The minimum absolute atomic E-state index is 0. The third-order valence-electron chi connectivity index (χ3n) is 1.74. The molecule has 0 saturated heterocycles. The fourth-order valence-corrected chi connectivity index (χ4v) is 1.04. The van der Waals surface area contributed by atoms with Gasteiger partial charge < -0.3 is 20.2 Å². The second-order valence-electron chi connectivity index (χ2n) is 2.50. The van der Waals surface area contributed by atoms with E-state index >= 15 is 0 Å². The van der Waals surface area contributed by atoms with Gasteiger partial charge >= 0.3 is 51.4 Å². The zero-order valence-electron chi connectivity index (χ0n) is 8.87. The van der Waals surface area contributed by atoms with E-state index in [-0.39, 0.29) is 56.9 Å². The van der Waals surface area contributed by atoms with Crippen molar-refractivity contribution in [2.75, 3.05) is 14.2 Å². The van der Waals surface area contributed by atoms with Crippen LogP contribution in [0, 0.1) is 5.21 Å². The van der Waals surface area contributed by atoms with E-state index in [1.54, 1.807) is 6.07 Å². The number of carbonyl (C=O) groups is 1. The standard InChI is InChI=1S/C9H10NO4.K/c1-13-7-4-3-6(9(11)10-12)5-8(7)14-2;/h3-5H,1-2H3,(H-,10,11,12);/q-1;+1. The molecule has 1 aromatic rings. The Morgan fingerprint density at radius 1 is 1.27 bits per heavy atom. The molecule has 0 heterocycles. The molecule has 0 fully saturated rings. The van der Waals surface area contributed by atoms with E-state index < -0.39 is 5.91 Å². The average molecular weight is 235 g/mol. The first-order valence-electron chi connectivity index (χ1n) is 3.87. The van der Waals surface area contributed by atoms with Crippen molar-refractivity contribution in [1.82, 2.24) is 5.48 Å². The predicted octanol–water partition coefficient (Wildman–Crippen LogP) is -2.06. The van der Waals surface area contributed by atoms with E-state index in [2.05, 4.69) is 0 Å². The molecule has 5 nitrogen and oxygen atoms in total. The summed E-state index contributed by atoms with van der Waals surface area (Å²) in [6.45, 7) is 0. The van der Waals surface area contributed by atoms with Gasteiger partial charge in [-0.05, 0) is 18.2 Å². The molecule has 15 heavy (non-hydrogen) atoms. The molecule has 1 rings (SSSR count). The Balaban J connectivity index is 0.00000196. The van der Waals surface area contributed by atoms with Gasteiger partial charge in [-0.15, -0.1) is 0 Å². The summed E-state index contributed by atoms with van der Waals surface area (Å²) in [4.78, 5) is 11.0. The van der Waals surface area contributed by atoms with Gasteiger partial charge in [0.2, 0.25) is 5.91 Å². The summed E-state index contributed by atoms with van der Waals surface area (Å²) in [5, 5.41) is 10.1. The predicted molar refractivity (Wildman–Crippen MR) is 50.4 cm³/mol. The van der Waals surface area contributed by atoms with Gasteiger partial charge in [-0.25, -0.2) is 0 Å². The summed E-state index contributed by atoms with van der Waals surface area (Å²) >= 11 is 0. The summed E-state index contributed by atoms with van der Waals surface area (Å²) in [5.41, 5.74) is 1.52. The Kier molecular flexibility index (Phi) is 7.15. The maximum absolute atomic E-state index is 11.0. The first-order chi connectivity index (χ1) is 6.72. The quantitative estimate of drug-likeness (QED) is 0.483. The number of rotatable bonds is 3. The molecule has 76 valence electrons. The zero-order valence-corrected chi connectivity index (χ0v) is 12.0. The molecule has 0 saturated carbocycles. The molecule has 0 radical (unpaired) electrons. The van der Waals surface area contributed by atoms with Gasteiger partial charge in [0.1, 0.15) is 0 Å². The minimum Gasteiger partial charge on any atom is -0.759 e. The Hall–Kier alpha value is -0.114. The third-order valence-corrected chi connectivity index (χ3v) is 1.74. The second kappa shape index (κ2) is 7.21. The van der Waals surface area contributed by atoms with Crippen LogP contribution in [0.15, 0.2) is 18.2 Å². The van der Waals surface area contributed by atoms with Crippen molar-refractivity contribution >= 4 is 5.91 Å². The van der Waals surface area contributed by atoms with Crippen LogP contribution in [-0.4, -0.2) is 20.1 Å². The van der Waals surface area contributed by atoms with Crippen molar-refractivity contribution in [2.45, 2.75) is 0 Å². The molecule has 0 aliphatic carbocycles. The molecular weight excluding hydrogens is 225 g/mol. The van der Waals surface area contributed by atoms with Crippen LogP contribution in [0.5, 0.6) is 11.5 Å². The summed E-state index contributed by atoms with van der Waals surface area (Å²) in [6.07, 6.45) is 0. The number of nitrogens with one attached hydrogen (secondary N) is 1. The van der Waals surface area contributed by atoms with E-state index in [4.69, 9.17) is 9.47 Å². The summed E-state index contributed by atoms with van der Waals surface area (Å²) in [6, 6.07) is 4.48. The zero-order chi connectivity index (χ0) is 10.6. The number of hydrogen-bond acceptors (Lipinski definition) is 4. The van der Waals surface area contributed by atoms with Crippen LogP contribution in [0.1, 0.15) is 10.4 Å². The molecule has 6 heteroatoms. The normalized spacial score (nSPS) is 8.73. The second-order valence-corrected chi connectivity index (χ2v) is 2.50. The molecule has 0 atom stereocenters. The first-order valence-corrected chi connectivity index (χ1v) is 3.87. The maximum Gasteiger partial charge on any atom is 1.00 e. The van der Waals surface area contributed by atoms with Crippen LogP contribution in [0.25, 0.3) is 0 Å². The van der Waals surface area contributed by atoms with Gasteiger partial charge in [-0.1, -0.05) is 0 Å². The summed E-state index contributed by atoms with van der Waals surface area (Å²) in [5.74, 6) is 0.217. The number of carbonyl (C=O) groups excluding carboxylic acids is 1. The van der Waals surface area contributed by atoms with Gasteiger partial charge in [0.25, 0.3) is 0 Å². The van der Waals surface area contributed by atoms with Crippen molar-refractivity contribution in [3.63, 3.8) is 0 Å². The molecule has 1 aromatic carbocycles. The Morgan fingerprint density at radius 3 is 2.33 bits per heavy atom. The van der Waals surface area contributed by atoms with Crippen LogP contribution >= 0.6 is 0 Å². The Morgan fingerprint density at radius 2 is 1.87 bits per heavy atom. The van der Waals surface area contributed by atoms with Crippen LogP contribution in [0.3, 0.4) is 0 Å².